The van der Waals surface area contributed by atoms with Gasteiger partial charge in [0, 0.05) is 23.3 Å². The van der Waals surface area contributed by atoms with E-state index in [0.29, 0.717) is 5.56 Å². The van der Waals surface area contributed by atoms with Crippen LogP contribution in [0.15, 0.2) is 22.7 Å². The maximum Gasteiger partial charge on any atom is 0.335 e. The molecule has 0 spiro atoms. The van der Waals surface area contributed by atoms with E-state index in [0.717, 1.165) is 28.9 Å². The number of carboxylic acid groups (broad SMARTS) is 1. The van der Waals surface area contributed by atoms with Crippen molar-refractivity contribution in [2.45, 2.75) is 6.54 Å². The third-order valence-corrected chi connectivity index (χ3v) is 3.45. The van der Waals surface area contributed by atoms with Crippen LogP contribution in [-0.4, -0.2) is 29.6 Å². The summed E-state index contributed by atoms with van der Waals surface area (Å²) in [6, 6.07) is 5.09. The molecule has 0 unspecified atom stereocenters. The first-order chi connectivity index (χ1) is 7.65. The molecule has 1 rings (SSSR count). The van der Waals surface area contributed by atoms with Gasteiger partial charge in [0.25, 0.3) is 0 Å². The lowest BCUT2D eigenvalue weighted by molar-refractivity contribution is 0.0697. The van der Waals surface area contributed by atoms with Gasteiger partial charge in [-0.3, -0.25) is 0 Å². The molecule has 3 nitrogen and oxygen atoms in total. The van der Waals surface area contributed by atoms with Crippen molar-refractivity contribution in [1.29, 1.82) is 0 Å². The first-order valence-corrected chi connectivity index (χ1v) is 7.05. The summed E-state index contributed by atoms with van der Waals surface area (Å²) in [4.78, 5) is 10.7. The minimum absolute atomic E-state index is 0.305. The molecule has 0 aromatic heterocycles. The van der Waals surface area contributed by atoms with Crippen LogP contribution in [0.1, 0.15) is 15.9 Å². The molecule has 0 saturated carbocycles. The Hall–Kier alpha value is -0.520. The number of nitrogens with one attached hydrogen (secondary N) is 1. The average molecular weight is 304 g/mol. The zero-order valence-electron chi connectivity index (χ0n) is 9.00. The molecule has 5 heteroatoms. The molecule has 0 heterocycles. The molecule has 0 radical (unpaired) electrons. The lowest BCUT2D eigenvalue weighted by Gasteiger charge is -2.07. The number of carboxylic acids is 1. The van der Waals surface area contributed by atoms with Gasteiger partial charge in [-0.05, 0) is 24.0 Å². The molecule has 0 bridgehead atoms. The smallest absolute Gasteiger partial charge is 0.335 e. The predicted octanol–water partition coefficient (Wildman–Crippen LogP) is 2.60. The van der Waals surface area contributed by atoms with Crippen LogP contribution < -0.4 is 5.32 Å². The summed E-state index contributed by atoms with van der Waals surface area (Å²) in [6.45, 7) is 1.70. The number of carbonyl (C=O) groups is 1. The Morgan fingerprint density at radius 3 is 2.88 bits per heavy atom. The van der Waals surface area contributed by atoms with Crippen LogP contribution in [0.2, 0.25) is 0 Å². The summed E-state index contributed by atoms with van der Waals surface area (Å²) in [5.74, 6) is 0.174. The molecule has 88 valence electrons. The summed E-state index contributed by atoms with van der Waals surface area (Å²) in [7, 11) is 0. The molecule has 0 aliphatic rings. The van der Waals surface area contributed by atoms with Crippen LogP contribution in [0.4, 0.5) is 0 Å². The Morgan fingerprint density at radius 2 is 2.31 bits per heavy atom. The van der Waals surface area contributed by atoms with Crippen LogP contribution in [-0.2, 0) is 6.54 Å². The number of halogens is 1. The highest BCUT2D eigenvalue weighted by Gasteiger charge is 2.06. The molecule has 16 heavy (non-hydrogen) atoms. The highest BCUT2D eigenvalue weighted by atomic mass is 79.9. The predicted molar refractivity (Wildman–Crippen MR) is 71.2 cm³/mol. The van der Waals surface area contributed by atoms with Crippen LogP contribution in [0.5, 0.6) is 0 Å². The van der Waals surface area contributed by atoms with Crippen molar-refractivity contribution >= 4 is 33.7 Å². The maximum absolute atomic E-state index is 10.7. The fourth-order valence-corrected chi connectivity index (χ4v) is 2.09. The first kappa shape index (κ1) is 13.5. The van der Waals surface area contributed by atoms with E-state index < -0.39 is 5.97 Å². The van der Waals surface area contributed by atoms with Crippen LogP contribution >= 0.6 is 27.7 Å². The number of hydrogen-bond acceptors (Lipinski definition) is 3. The summed E-state index contributed by atoms with van der Waals surface area (Å²) in [6.07, 6.45) is 2.07. The average Bonchev–Trinajstić information content (AvgIpc) is 2.26. The molecule has 1 aromatic carbocycles. The number of benzene rings is 1. The summed E-state index contributed by atoms with van der Waals surface area (Å²) < 4.78 is 0.837. The summed E-state index contributed by atoms with van der Waals surface area (Å²) >= 11 is 5.17. The molecule has 0 amide bonds. The Bertz CT molecular complexity index is 371. The van der Waals surface area contributed by atoms with Crippen molar-refractivity contribution in [2.24, 2.45) is 0 Å². The van der Waals surface area contributed by atoms with Crippen molar-refractivity contribution < 1.29 is 9.90 Å². The SMILES string of the molecule is CSCCNCc1ccc(C(=O)O)cc1Br. The molecular formula is C11H14BrNO2S. The van der Waals surface area contributed by atoms with Crippen molar-refractivity contribution in [2.75, 3.05) is 18.6 Å². The van der Waals surface area contributed by atoms with Crippen molar-refractivity contribution in [3.05, 3.63) is 33.8 Å². The minimum atomic E-state index is -0.900. The third-order valence-electron chi connectivity index (χ3n) is 2.10. The normalized spacial score (nSPS) is 10.4. The van der Waals surface area contributed by atoms with Crippen LogP contribution in [0.3, 0.4) is 0 Å². The van der Waals surface area contributed by atoms with Crippen molar-refractivity contribution in [3.63, 3.8) is 0 Å². The monoisotopic (exact) mass is 303 g/mol. The van der Waals surface area contributed by atoms with Gasteiger partial charge in [-0.2, -0.15) is 11.8 Å². The fourth-order valence-electron chi connectivity index (χ4n) is 1.22. The largest absolute Gasteiger partial charge is 0.478 e. The van der Waals surface area contributed by atoms with Gasteiger partial charge in [-0.25, -0.2) is 4.79 Å². The van der Waals surface area contributed by atoms with Gasteiger partial charge >= 0.3 is 5.97 Å². The Kier molecular flexibility index (Phi) is 5.87. The molecule has 0 aliphatic heterocycles. The van der Waals surface area contributed by atoms with E-state index >= 15 is 0 Å². The van der Waals surface area contributed by atoms with Crippen molar-refractivity contribution in [1.82, 2.24) is 5.32 Å². The number of hydrogen-bond donors (Lipinski definition) is 2. The summed E-state index contributed by atoms with van der Waals surface area (Å²) in [5, 5.41) is 12.1. The molecule has 0 aliphatic carbocycles. The fraction of sp³-hybridized carbons (Fsp3) is 0.364. The lowest BCUT2D eigenvalue weighted by Crippen LogP contribution is -2.16. The van der Waals surface area contributed by atoms with E-state index in [-0.39, 0.29) is 0 Å². The molecule has 1 aromatic rings. The van der Waals surface area contributed by atoms with E-state index in [2.05, 4.69) is 27.5 Å². The topological polar surface area (TPSA) is 49.3 Å². The van der Waals surface area contributed by atoms with Gasteiger partial charge in [0.05, 0.1) is 5.56 Å². The Labute approximate surface area is 108 Å². The Balaban J connectivity index is 2.57. The zero-order chi connectivity index (χ0) is 12.0. The van der Waals surface area contributed by atoms with Crippen LogP contribution in [0.25, 0.3) is 0 Å². The second kappa shape index (κ2) is 6.93. The lowest BCUT2D eigenvalue weighted by atomic mass is 10.1. The highest BCUT2D eigenvalue weighted by Crippen LogP contribution is 2.18. The van der Waals surface area contributed by atoms with E-state index in [9.17, 15) is 4.79 Å². The third kappa shape index (κ3) is 4.15. The zero-order valence-corrected chi connectivity index (χ0v) is 11.4. The van der Waals surface area contributed by atoms with Crippen LogP contribution in [0, 0.1) is 0 Å². The second-order valence-corrected chi connectivity index (χ2v) is 5.12. The second-order valence-electron chi connectivity index (χ2n) is 3.28. The van der Waals surface area contributed by atoms with Gasteiger partial charge in [-0.15, -0.1) is 0 Å². The van der Waals surface area contributed by atoms with Gasteiger partial charge in [0.15, 0.2) is 0 Å². The van der Waals surface area contributed by atoms with E-state index in [1.807, 2.05) is 6.07 Å². The first-order valence-electron chi connectivity index (χ1n) is 4.86. The molecular weight excluding hydrogens is 290 g/mol. The molecule has 0 atom stereocenters. The highest BCUT2D eigenvalue weighted by molar-refractivity contribution is 9.10. The molecule has 0 saturated heterocycles. The quantitative estimate of drug-likeness (QED) is 0.793. The van der Waals surface area contributed by atoms with Crippen molar-refractivity contribution in [3.8, 4) is 0 Å². The standard InChI is InChI=1S/C11H14BrNO2S/c1-16-5-4-13-7-9-3-2-8(11(14)15)6-10(9)12/h2-3,6,13H,4-5,7H2,1H3,(H,14,15). The summed E-state index contributed by atoms with van der Waals surface area (Å²) in [5.41, 5.74) is 1.38. The van der Waals surface area contributed by atoms with Gasteiger partial charge in [-0.1, -0.05) is 22.0 Å². The van der Waals surface area contributed by atoms with E-state index in [1.54, 1.807) is 23.9 Å². The number of thioether (sulfide) groups is 1. The molecule has 0 fully saturated rings. The van der Waals surface area contributed by atoms with E-state index in [1.165, 1.54) is 0 Å². The van der Waals surface area contributed by atoms with Gasteiger partial charge in [0.2, 0.25) is 0 Å². The minimum Gasteiger partial charge on any atom is -0.478 e. The number of aromatic carboxylic acids is 1. The van der Waals surface area contributed by atoms with Gasteiger partial charge < -0.3 is 10.4 Å². The maximum atomic E-state index is 10.7. The Morgan fingerprint density at radius 1 is 1.56 bits per heavy atom. The molecule has 2 N–H and O–H groups in total. The van der Waals surface area contributed by atoms with E-state index in [4.69, 9.17) is 5.11 Å². The van der Waals surface area contributed by atoms with Gasteiger partial charge in [0.1, 0.15) is 0 Å². The number of rotatable bonds is 6.